The van der Waals surface area contributed by atoms with E-state index >= 15 is 0 Å². The van der Waals surface area contributed by atoms with Gasteiger partial charge in [-0.25, -0.2) is 0 Å². The molecule has 1 heterocycles. The second-order valence-electron chi connectivity index (χ2n) is 3.34. The highest BCUT2D eigenvalue weighted by Crippen LogP contribution is 2.10. The van der Waals surface area contributed by atoms with E-state index in [2.05, 4.69) is 15.5 Å². The van der Waals surface area contributed by atoms with E-state index in [1.165, 1.54) is 6.20 Å². The fraction of sp³-hybridized carbons (Fsp3) is 0.400. The lowest BCUT2D eigenvalue weighted by atomic mass is 10.0. The molecule has 0 radical (unpaired) electrons. The molecule has 0 saturated carbocycles. The Kier molecular flexibility index (Phi) is 4.78. The molecule has 1 aromatic heterocycles. The second-order valence-corrected chi connectivity index (χ2v) is 3.81. The van der Waals surface area contributed by atoms with Gasteiger partial charge in [0.05, 0.1) is 10.9 Å². The smallest absolute Gasteiger partial charge is 0.235 e. The van der Waals surface area contributed by atoms with Crippen molar-refractivity contribution in [2.45, 2.75) is 19.8 Å². The lowest BCUT2D eigenvalue weighted by Crippen LogP contribution is -2.33. The first-order chi connectivity index (χ1) is 7.65. The van der Waals surface area contributed by atoms with E-state index < -0.39 is 5.92 Å². The average Bonchev–Trinajstić information content (AvgIpc) is 2.26. The highest BCUT2D eigenvalue weighted by atomic mass is 32.1. The van der Waals surface area contributed by atoms with Crippen LogP contribution in [-0.4, -0.2) is 21.1 Å². The maximum atomic E-state index is 11.8. The first-order valence-electron chi connectivity index (χ1n) is 5.03. The maximum absolute atomic E-state index is 11.8. The van der Waals surface area contributed by atoms with Gasteiger partial charge in [0, 0.05) is 6.20 Å². The molecule has 86 valence electrons. The summed E-state index contributed by atoms with van der Waals surface area (Å²) in [6.45, 7) is 1.97. The van der Waals surface area contributed by atoms with E-state index in [0.717, 1.165) is 6.42 Å². The van der Waals surface area contributed by atoms with Crippen molar-refractivity contribution in [1.82, 2.24) is 10.2 Å². The van der Waals surface area contributed by atoms with Crippen molar-refractivity contribution in [3.05, 3.63) is 18.3 Å². The van der Waals surface area contributed by atoms with Gasteiger partial charge in [-0.3, -0.25) is 4.79 Å². The first kappa shape index (κ1) is 12.5. The minimum Gasteiger partial charge on any atom is -0.393 e. The summed E-state index contributed by atoms with van der Waals surface area (Å²) in [5, 5.41) is 10.0. The topological polar surface area (TPSA) is 80.9 Å². The Hall–Kier alpha value is -1.56. The summed E-state index contributed by atoms with van der Waals surface area (Å²) < 4.78 is 0. The molecule has 1 unspecified atom stereocenters. The van der Waals surface area contributed by atoms with Crippen molar-refractivity contribution in [2.24, 2.45) is 11.7 Å². The fourth-order valence-electron chi connectivity index (χ4n) is 1.27. The maximum Gasteiger partial charge on any atom is 0.235 e. The summed E-state index contributed by atoms with van der Waals surface area (Å²) >= 11 is 4.86. The van der Waals surface area contributed by atoms with Crippen LogP contribution in [0, 0.1) is 5.92 Å². The molecule has 1 rings (SSSR count). The van der Waals surface area contributed by atoms with Gasteiger partial charge >= 0.3 is 0 Å². The molecular formula is C10H14N4OS. The van der Waals surface area contributed by atoms with Crippen LogP contribution in [0.2, 0.25) is 0 Å². The number of anilines is 1. The van der Waals surface area contributed by atoms with Crippen LogP contribution in [-0.2, 0) is 4.79 Å². The summed E-state index contributed by atoms with van der Waals surface area (Å²) in [7, 11) is 0. The molecule has 0 aromatic carbocycles. The van der Waals surface area contributed by atoms with E-state index in [1.54, 1.807) is 12.1 Å². The predicted molar refractivity (Wildman–Crippen MR) is 65.8 cm³/mol. The summed E-state index contributed by atoms with van der Waals surface area (Å²) in [4.78, 5) is 12.0. The van der Waals surface area contributed by atoms with Crippen molar-refractivity contribution in [3.63, 3.8) is 0 Å². The molecule has 0 aliphatic rings. The van der Waals surface area contributed by atoms with Crippen LogP contribution in [0.5, 0.6) is 0 Å². The zero-order valence-electron chi connectivity index (χ0n) is 9.01. The fourth-order valence-corrected chi connectivity index (χ4v) is 1.50. The van der Waals surface area contributed by atoms with E-state index in [0.29, 0.717) is 12.2 Å². The lowest BCUT2D eigenvalue weighted by Gasteiger charge is -2.13. The molecule has 1 aromatic rings. The van der Waals surface area contributed by atoms with Crippen LogP contribution in [0.3, 0.4) is 0 Å². The zero-order chi connectivity index (χ0) is 12.0. The normalized spacial score (nSPS) is 11.8. The third-order valence-corrected chi connectivity index (χ3v) is 2.35. The number of nitrogens with zero attached hydrogens (tertiary/aromatic N) is 2. The molecular weight excluding hydrogens is 224 g/mol. The van der Waals surface area contributed by atoms with Gasteiger partial charge < -0.3 is 11.1 Å². The Bertz CT molecular complexity index is 368. The standard InChI is InChI=1S/C10H14N4OS/c1-2-4-7(9(11)16)10(15)13-8-5-3-6-12-14-8/h3,5-7H,2,4H2,1H3,(H2,11,16)(H,13,14,15). The van der Waals surface area contributed by atoms with E-state index in [-0.39, 0.29) is 10.9 Å². The molecule has 0 fully saturated rings. The SMILES string of the molecule is CCCC(C(=O)Nc1cccnn1)C(N)=S. The second kappa shape index (κ2) is 6.12. The van der Waals surface area contributed by atoms with Crippen molar-refractivity contribution in [1.29, 1.82) is 0 Å². The number of carbonyl (C=O) groups is 1. The van der Waals surface area contributed by atoms with Crippen LogP contribution < -0.4 is 11.1 Å². The van der Waals surface area contributed by atoms with Gasteiger partial charge in [-0.15, -0.1) is 5.10 Å². The summed E-state index contributed by atoms with van der Waals surface area (Å²) in [6, 6.07) is 3.35. The number of carbonyl (C=O) groups excluding carboxylic acids is 1. The van der Waals surface area contributed by atoms with Gasteiger partial charge in [-0.1, -0.05) is 25.6 Å². The number of hydrogen-bond acceptors (Lipinski definition) is 4. The van der Waals surface area contributed by atoms with Crippen molar-refractivity contribution >= 4 is 28.9 Å². The van der Waals surface area contributed by atoms with Gasteiger partial charge in [0.2, 0.25) is 5.91 Å². The molecule has 0 bridgehead atoms. The molecule has 0 aliphatic heterocycles. The number of rotatable bonds is 5. The summed E-state index contributed by atoms with van der Waals surface area (Å²) in [6.07, 6.45) is 3.02. The average molecular weight is 238 g/mol. The Morgan fingerprint density at radius 3 is 2.94 bits per heavy atom. The number of nitrogens with one attached hydrogen (secondary N) is 1. The molecule has 1 atom stereocenters. The minimum absolute atomic E-state index is 0.211. The van der Waals surface area contributed by atoms with Gasteiger partial charge in [0.25, 0.3) is 0 Å². The van der Waals surface area contributed by atoms with Crippen LogP contribution in [0.25, 0.3) is 0 Å². The van der Waals surface area contributed by atoms with Crippen LogP contribution in [0.1, 0.15) is 19.8 Å². The largest absolute Gasteiger partial charge is 0.393 e. The number of amides is 1. The van der Waals surface area contributed by atoms with Crippen LogP contribution >= 0.6 is 12.2 Å². The van der Waals surface area contributed by atoms with Gasteiger partial charge in [0.1, 0.15) is 0 Å². The Labute approximate surface area is 99.4 Å². The number of thiocarbonyl (C=S) groups is 1. The number of nitrogens with two attached hydrogens (primary N) is 1. The molecule has 3 N–H and O–H groups in total. The van der Waals surface area contributed by atoms with Gasteiger partial charge in [-0.2, -0.15) is 5.10 Å². The minimum atomic E-state index is -0.443. The Morgan fingerprint density at radius 2 is 2.44 bits per heavy atom. The quantitative estimate of drug-likeness (QED) is 0.751. The van der Waals surface area contributed by atoms with Crippen LogP contribution in [0.4, 0.5) is 5.82 Å². The highest BCUT2D eigenvalue weighted by molar-refractivity contribution is 7.80. The van der Waals surface area contributed by atoms with Crippen molar-refractivity contribution in [2.75, 3.05) is 5.32 Å². The predicted octanol–water partition coefficient (Wildman–Crippen LogP) is 1.12. The molecule has 5 nitrogen and oxygen atoms in total. The highest BCUT2D eigenvalue weighted by Gasteiger charge is 2.20. The number of aromatic nitrogens is 2. The molecule has 16 heavy (non-hydrogen) atoms. The zero-order valence-corrected chi connectivity index (χ0v) is 9.83. The number of hydrogen-bond donors (Lipinski definition) is 2. The first-order valence-corrected chi connectivity index (χ1v) is 5.44. The molecule has 0 saturated heterocycles. The third kappa shape index (κ3) is 3.54. The van der Waals surface area contributed by atoms with E-state index in [1.807, 2.05) is 6.92 Å². The van der Waals surface area contributed by atoms with Gasteiger partial charge in [-0.05, 0) is 18.6 Å². The monoisotopic (exact) mass is 238 g/mol. The molecule has 1 amide bonds. The van der Waals surface area contributed by atoms with E-state index in [9.17, 15) is 4.79 Å². The van der Waals surface area contributed by atoms with Crippen LogP contribution in [0.15, 0.2) is 18.3 Å². The Balaban J connectivity index is 2.66. The molecule has 0 spiro atoms. The lowest BCUT2D eigenvalue weighted by molar-refractivity contribution is -0.118. The summed E-state index contributed by atoms with van der Waals surface area (Å²) in [5.74, 6) is -0.262. The van der Waals surface area contributed by atoms with E-state index in [4.69, 9.17) is 18.0 Å². The molecule has 6 heteroatoms. The third-order valence-electron chi connectivity index (χ3n) is 2.06. The van der Waals surface area contributed by atoms with Gasteiger partial charge in [0.15, 0.2) is 5.82 Å². The summed E-state index contributed by atoms with van der Waals surface area (Å²) in [5.41, 5.74) is 5.51. The van der Waals surface area contributed by atoms with Crippen molar-refractivity contribution < 1.29 is 4.79 Å². The Morgan fingerprint density at radius 1 is 1.69 bits per heavy atom. The van der Waals surface area contributed by atoms with Crippen molar-refractivity contribution in [3.8, 4) is 0 Å². The molecule has 0 aliphatic carbocycles.